The molecule has 1 fully saturated rings. The summed E-state index contributed by atoms with van der Waals surface area (Å²) in [6.07, 6.45) is 3.31. The quantitative estimate of drug-likeness (QED) is 0.307. The Morgan fingerprint density at radius 3 is 2.69 bits per heavy atom. The van der Waals surface area contributed by atoms with Crippen molar-refractivity contribution in [2.75, 3.05) is 18.8 Å². The van der Waals surface area contributed by atoms with Crippen molar-refractivity contribution in [3.63, 3.8) is 0 Å². The van der Waals surface area contributed by atoms with Gasteiger partial charge in [-0.05, 0) is 30.4 Å². The minimum Gasteiger partial charge on any atom is -0.505 e. The van der Waals surface area contributed by atoms with Gasteiger partial charge in [0.05, 0.1) is 12.0 Å². The lowest BCUT2D eigenvalue weighted by Crippen LogP contribution is -2.31. The summed E-state index contributed by atoms with van der Waals surface area (Å²) in [4.78, 5) is 1.99. The van der Waals surface area contributed by atoms with Crippen molar-refractivity contribution < 1.29 is 5.11 Å². The van der Waals surface area contributed by atoms with Crippen molar-refractivity contribution in [2.24, 2.45) is 0 Å². The van der Waals surface area contributed by atoms with E-state index in [1.807, 2.05) is 17.0 Å². The first-order valence-electron chi connectivity index (χ1n) is 5.54. The van der Waals surface area contributed by atoms with Crippen LogP contribution in [0.25, 0.3) is 0 Å². The number of likely N-dealkylation sites (tertiary alicyclic amines) is 1. The molecule has 4 heteroatoms. The SMILES string of the molecule is N=CN1CCC(c2cccc(N)c2O)CC1. The molecule has 1 aromatic carbocycles. The monoisotopic (exact) mass is 219 g/mol. The normalized spacial score (nSPS) is 17.4. The number of phenolic OH excluding ortho intramolecular Hbond substituents is 1. The van der Waals surface area contributed by atoms with Crippen LogP contribution in [0.1, 0.15) is 24.3 Å². The molecule has 0 amide bonds. The largest absolute Gasteiger partial charge is 0.505 e. The number of nitrogens with two attached hydrogens (primary N) is 1. The fourth-order valence-corrected chi connectivity index (χ4v) is 2.25. The summed E-state index contributed by atoms with van der Waals surface area (Å²) < 4.78 is 0. The molecule has 0 aliphatic carbocycles. The number of piperidine rings is 1. The summed E-state index contributed by atoms with van der Waals surface area (Å²) in [5.74, 6) is 0.593. The molecule has 0 unspecified atom stereocenters. The number of hydrogen-bond acceptors (Lipinski definition) is 3. The predicted molar refractivity (Wildman–Crippen MR) is 64.9 cm³/mol. The average Bonchev–Trinajstić information content (AvgIpc) is 2.33. The summed E-state index contributed by atoms with van der Waals surface area (Å²) in [7, 11) is 0. The minimum absolute atomic E-state index is 0.232. The Labute approximate surface area is 95.2 Å². The maximum absolute atomic E-state index is 9.89. The van der Waals surface area contributed by atoms with Gasteiger partial charge in [0.15, 0.2) is 0 Å². The summed E-state index contributed by atoms with van der Waals surface area (Å²) in [6.45, 7) is 1.75. The summed E-state index contributed by atoms with van der Waals surface area (Å²) in [6, 6.07) is 5.54. The van der Waals surface area contributed by atoms with E-state index in [9.17, 15) is 5.11 Å². The molecule has 0 atom stereocenters. The van der Waals surface area contributed by atoms with Crippen LogP contribution in [0.2, 0.25) is 0 Å². The number of benzene rings is 1. The van der Waals surface area contributed by atoms with Crippen LogP contribution in [0.4, 0.5) is 5.69 Å². The zero-order chi connectivity index (χ0) is 11.5. The maximum Gasteiger partial charge on any atom is 0.141 e. The first kappa shape index (κ1) is 10.8. The number of nitrogens with zero attached hydrogens (tertiary/aromatic N) is 1. The van der Waals surface area contributed by atoms with E-state index in [-0.39, 0.29) is 5.75 Å². The maximum atomic E-state index is 9.89. The van der Waals surface area contributed by atoms with Gasteiger partial charge < -0.3 is 15.7 Å². The molecule has 86 valence electrons. The summed E-state index contributed by atoms with van der Waals surface area (Å²) in [5.41, 5.74) is 7.08. The fraction of sp³-hybridized carbons (Fsp3) is 0.417. The van der Waals surface area contributed by atoms with Crippen molar-refractivity contribution in [2.45, 2.75) is 18.8 Å². The first-order valence-corrected chi connectivity index (χ1v) is 5.54. The number of anilines is 1. The lowest BCUT2D eigenvalue weighted by Gasteiger charge is -2.30. The number of rotatable bonds is 2. The van der Waals surface area contributed by atoms with Crippen LogP contribution in [0.15, 0.2) is 18.2 Å². The van der Waals surface area contributed by atoms with E-state index in [2.05, 4.69) is 0 Å². The van der Waals surface area contributed by atoms with E-state index in [0.717, 1.165) is 31.5 Å². The molecule has 1 aromatic rings. The van der Waals surface area contributed by atoms with Crippen LogP contribution in [0.5, 0.6) is 5.75 Å². The van der Waals surface area contributed by atoms with Gasteiger partial charge in [-0.2, -0.15) is 0 Å². The molecular formula is C12H17N3O. The molecule has 0 spiro atoms. The molecule has 2 rings (SSSR count). The highest BCUT2D eigenvalue weighted by Crippen LogP contribution is 2.36. The molecule has 0 saturated carbocycles. The van der Waals surface area contributed by atoms with Gasteiger partial charge in [-0.25, -0.2) is 0 Å². The van der Waals surface area contributed by atoms with Crippen molar-refractivity contribution in [3.8, 4) is 5.75 Å². The Balaban J connectivity index is 2.14. The van der Waals surface area contributed by atoms with E-state index in [1.165, 1.54) is 6.34 Å². The second-order valence-corrected chi connectivity index (χ2v) is 4.22. The summed E-state index contributed by atoms with van der Waals surface area (Å²) in [5, 5.41) is 17.1. The molecule has 4 nitrogen and oxygen atoms in total. The Morgan fingerprint density at radius 1 is 1.38 bits per heavy atom. The van der Waals surface area contributed by atoms with E-state index >= 15 is 0 Å². The van der Waals surface area contributed by atoms with Crippen LogP contribution in [0.3, 0.4) is 0 Å². The Bertz CT molecular complexity index is 384. The molecule has 0 radical (unpaired) electrons. The molecule has 0 aromatic heterocycles. The van der Waals surface area contributed by atoms with Crippen molar-refractivity contribution in [1.29, 1.82) is 5.41 Å². The zero-order valence-corrected chi connectivity index (χ0v) is 9.19. The summed E-state index contributed by atoms with van der Waals surface area (Å²) >= 11 is 0. The van der Waals surface area contributed by atoms with E-state index in [4.69, 9.17) is 11.1 Å². The third-order valence-corrected chi connectivity index (χ3v) is 3.25. The van der Waals surface area contributed by atoms with Gasteiger partial charge in [0.25, 0.3) is 0 Å². The van der Waals surface area contributed by atoms with Gasteiger partial charge in [-0.3, -0.25) is 5.41 Å². The third-order valence-electron chi connectivity index (χ3n) is 3.25. The van der Waals surface area contributed by atoms with Crippen LogP contribution in [0, 0.1) is 5.41 Å². The van der Waals surface area contributed by atoms with Gasteiger partial charge in [-0.15, -0.1) is 0 Å². The van der Waals surface area contributed by atoms with Gasteiger partial charge in [0, 0.05) is 13.1 Å². The van der Waals surface area contributed by atoms with E-state index in [1.54, 1.807) is 6.07 Å². The average molecular weight is 219 g/mol. The number of para-hydroxylation sites is 1. The molecule has 16 heavy (non-hydrogen) atoms. The van der Waals surface area contributed by atoms with Crippen molar-refractivity contribution >= 4 is 12.0 Å². The van der Waals surface area contributed by atoms with Crippen molar-refractivity contribution in [1.82, 2.24) is 4.90 Å². The first-order chi connectivity index (χ1) is 7.72. The Morgan fingerprint density at radius 2 is 2.06 bits per heavy atom. The van der Waals surface area contributed by atoms with Crippen LogP contribution in [-0.2, 0) is 0 Å². The third kappa shape index (κ3) is 1.96. The highest BCUT2D eigenvalue weighted by molar-refractivity contribution is 5.57. The molecule has 1 aliphatic heterocycles. The smallest absolute Gasteiger partial charge is 0.141 e. The molecule has 4 N–H and O–H groups in total. The zero-order valence-electron chi connectivity index (χ0n) is 9.19. The fourth-order valence-electron chi connectivity index (χ4n) is 2.25. The molecule has 0 bridgehead atoms. The van der Waals surface area contributed by atoms with Crippen LogP contribution >= 0.6 is 0 Å². The van der Waals surface area contributed by atoms with Crippen LogP contribution < -0.4 is 5.73 Å². The lowest BCUT2D eigenvalue weighted by molar-refractivity contribution is 0.314. The minimum atomic E-state index is 0.232. The number of aromatic hydroxyl groups is 1. The molecule has 1 saturated heterocycles. The molecular weight excluding hydrogens is 202 g/mol. The Kier molecular flexibility index (Phi) is 2.99. The molecule has 1 heterocycles. The standard InChI is InChI=1S/C12H17N3O/c13-8-15-6-4-9(5-7-15)10-2-1-3-11(14)12(10)16/h1-3,8-9,13,16H,4-7,14H2. The molecule has 1 aliphatic rings. The van der Waals surface area contributed by atoms with Gasteiger partial charge >= 0.3 is 0 Å². The van der Waals surface area contributed by atoms with Crippen molar-refractivity contribution in [3.05, 3.63) is 23.8 Å². The van der Waals surface area contributed by atoms with Gasteiger partial charge in [0.2, 0.25) is 0 Å². The number of nitrogens with one attached hydrogen (secondary N) is 1. The second kappa shape index (κ2) is 4.43. The number of phenols is 1. The Hall–Kier alpha value is -1.71. The van der Waals surface area contributed by atoms with Crippen LogP contribution in [-0.4, -0.2) is 29.4 Å². The number of nitrogen functional groups attached to an aromatic ring is 1. The predicted octanol–water partition coefficient (Wildman–Crippen LogP) is 1.76. The van der Waals surface area contributed by atoms with Gasteiger partial charge in [-0.1, -0.05) is 12.1 Å². The van der Waals surface area contributed by atoms with Gasteiger partial charge in [0.1, 0.15) is 5.75 Å². The highest BCUT2D eigenvalue weighted by Gasteiger charge is 2.21. The van der Waals surface area contributed by atoms with E-state index < -0.39 is 0 Å². The second-order valence-electron chi connectivity index (χ2n) is 4.22. The topological polar surface area (TPSA) is 73.3 Å². The lowest BCUT2D eigenvalue weighted by atomic mass is 9.88. The highest BCUT2D eigenvalue weighted by atomic mass is 16.3. The number of hydrogen-bond donors (Lipinski definition) is 3. The van der Waals surface area contributed by atoms with E-state index in [0.29, 0.717) is 11.6 Å².